The van der Waals surface area contributed by atoms with Gasteiger partial charge in [0.15, 0.2) is 5.96 Å². The van der Waals surface area contributed by atoms with E-state index in [9.17, 15) is 0 Å². The maximum atomic E-state index is 4.49. The predicted octanol–water partition coefficient (Wildman–Crippen LogP) is 2.48. The van der Waals surface area contributed by atoms with Crippen molar-refractivity contribution >= 4 is 5.96 Å². The third-order valence-electron chi connectivity index (χ3n) is 4.58. The predicted molar refractivity (Wildman–Crippen MR) is 113 cm³/mol. The highest BCUT2D eigenvalue weighted by atomic mass is 15.3. The zero-order valence-electron chi connectivity index (χ0n) is 16.9. The van der Waals surface area contributed by atoms with Gasteiger partial charge in [-0.2, -0.15) is 10.2 Å². The molecule has 7 heteroatoms. The Morgan fingerprint density at radius 2 is 1.89 bits per heavy atom. The quantitative estimate of drug-likeness (QED) is 0.358. The number of aliphatic imine (C=N–C) groups is 1. The summed E-state index contributed by atoms with van der Waals surface area (Å²) >= 11 is 0. The molecule has 0 unspecified atom stereocenters. The topological polar surface area (TPSA) is 72.1 Å². The van der Waals surface area contributed by atoms with Gasteiger partial charge in [-0.1, -0.05) is 12.1 Å². The lowest BCUT2D eigenvalue weighted by Gasteiger charge is -2.12. The Kier molecular flexibility index (Phi) is 6.84. The van der Waals surface area contributed by atoms with E-state index in [1.165, 1.54) is 11.3 Å². The summed E-state index contributed by atoms with van der Waals surface area (Å²) in [4.78, 5) is 4.29. The maximum Gasteiger partial charge on any atom is 0.190 e. The van der Waals surface area contributed by atoms with Crippen molar-refractivity contribution in [2.45, 2.75) is 33.2 Å². The summed E-state index contributed by atoms with van der Waals surface area (Å²) in [5.74, 6) is 0.835. The van der Waals surface area contributed by atoms with E-state index >= 15 is 0 Å². The monoisotopic (exact) mass is 379 g/mol. The lowest BCUT2D eigenvalue weighted by Crippen LogP contribution is -2.39. The summed E-state index contributed by atoms with van der Waals surface area (Å²) in [7, 11) is 1.80. The van der Waals surface area contributed by atoms with Gasteiger partial charge in [-0.05, 0) is 56.5 Å². The number of aryl methyl sites for hydroxylation is 3. The highest BCUT2D eigenvalue weighted by Gasteiger charge is 2.02. The second-order valence-corrected chi connectivity index (χ2v) is 6.80. The molecule has 0 spiro atoms. The average molecular weight is 380 g/mol. The van der Waals surface area contributed by atoms with Gasteiger partial charge in [0.1, 0.15) is 0 Å². The van der Waals surface area contributed by atoms with E-state index in [2.05, 4.69) is 67.8 Å². The first kappa shape index (κ1) is 19.7. The van der Waals surface area contributed by atoms with Gasteiger partial charge >= 0.3 is 0 Å². The fraction of sp³-hybridized carbons (Fsp3) is 0.381. The first-order valence-electron chi connectivity index (χ1n) is 9.70. The van der Waals surface area contributed by atoms with Crippen LogP contribution in [0.15, 0.2) is 53.8 Å². The third-order valence-corrected chi connectivity index (χ3v) is 4.58. The van der Waals surface area contributed by atoms with Gasteiger partial charge in [-0.25, -0.2) is 4.68 Å². The maximum absolute atomic E-state index is 4.49. The molecule has 148 valence electrons. The highest BCUT2D eigenvalue weighted by Crippen LogP contribution is 2.08. The molecule has 2 N–H and O–H groups in total. The van der Waals surface area contributed by atoms with Gasteiger partial charge in [-0.3, -0.25) is 9.67 Å². The second-order valence-electron chi connectivity index (χ2n) is 6.80. The molecule has 0 atom stereocenters. The van der Waals surface area contributed by atoms with Crippen LogP contribution in [0.2, 0.25) is 0 Å². The molecule has 0 amide bonds. The molecule has 28 heavy (non-hydrogen) atoms. The van der Waals surface area contributed by atoms with Crippen molar-refractivity contribution in [3.8, 4) is 5.69 Å². The summed E-state index contributed by atoms with van der Waals surface area (Å²) in [6.45, 7) is 6.72. The van der Waals surface area contributed by atoms with E-state index in [1.54, 1.807) is 13.2 Å². The molecular weight excluding hydrogens is 350 g/mol. The van der Waals surface area contributed by atoms with Crippen LogP contribution in [-0.2, 0) is 13.0 Å². The van der Waals surface area contributed by atoms with Crippen molar-refractivity contribution in [1.82, 2.24) is 30.2 Å². The molecule has 7 nitrogen and oxygen atoms in total. The Morgan fingerprint density at radius 3 is 2.54 bits per heavy atom. The number of nitrogens with one attached hydrogen (secondary N) is 2. The molecule has 0 aliphatic carbocycles. The Balaban J connectivity index is 1.36. The van der Waals surface area contributed by atoms with E-state index < -0.39 is 0 Å². The van der Waals surface area contributed by atoms with Gasteiger partial charge in [0.25, 0.3) is 0 Å². The summed E-state index contributed by atoms with van der Waals surface area (Å²) in [6, 6.07) is 12.5. The number of hydrogen-bond acceptors (Lipinski definition) is 3. The fourth-order valence-corrected chi connectivity index (χ4v) is 3.12. The minimum absolute atomic E-state index is 0.832. The molecular formula is C21H29N7. The van der Waals surface area contributed by atoms with Crippen LogP contribution in [0.4, 0.5) is 0 Å². The third kappa shape index (κ3) is 5.45. The Morgan fingerprint density at radius 1 is 1.11 bits per heavy atom. The summed E-state index contributed by atoms with van der Waals surface area (Å²) in [5.41, 5.74) is 4.63. The number of guanidine groups is 1. The molecule has 0 fully saturated rings. The van der Waals surface area contributed by atoms with Crippen molar-refractivity contribution in [2.75, 3.05) is 20.1 Å². The summed E-state index contributed by atoms with van der Waals surface area (Å²) in [5, 5.41) is 15.5. The Bertz CT molecular complexity index is 876. The van der Waals surface area contributed by atoms with Crippen molar-refractivity contribution in [1.29, 1.82) is 0 Å². The van der Waals surface area contributed by atoms with E-state index in [0.717, 1.165) is 49.8 Å². The smallest absolute Gasteiger partial charge is 0.190 e. The molecule has 1 aromatic carbocycles. The molecule has 0 aliphatic rings. The zero-order valence-corrected chi connectivity index (χ0v) is 16.9. The van der Waals surface area contributed by atoms with Gasteiger partial charge < -0.3 is 10.6 Å². The van der Waals surface area contributed by atoms with Crippen molar-refractivity contribution < 1.29 is 0 Å². The van der Waals surface area contributed by atoms with Crippen LogP contribution in [0.1, 0.15) is 23.4 Å². The molecule has 0 saturated heterocycles. The van der Waals surface area contributed by atoms with Crippen molar-refractivity contribution in [2.24, 2.45) is 4.99 Å². The number of aromatic nitrogens is 4. The molecule has 2 heterocycles. The van der Waals surface area contributed by atoms with Gasteiger partial charge in [0.05, 0.1) is 11.4 Å². The first-order valence-corrected chi connectivity index (χ1v) is 9.70. The molecule has 3 aromatic rings. The minimum atomic E-state index is 0.832. The minimum Gasteiger partial charge on any atom is -0.356 e. The Labute approximate surface area is 166 Å². The van der Waals surface area contributed by atoms with Crippen LogP contribution in [0.25, 0.3) is 5.69 Å². The number of nitrogens with zero attached hydrogens (tertiary/aromatic N) is 5. The van der Waals surface area contributed by atoms with Gasteiger partial charge in [0.2, 0.25) is 0 Å². The zero-order chi connectivity index (χ0) is 19.8. The average Bonchev–Trinajstić information content (AvgIpc) is 3.34. The van der Waals surface area contributed by atoms with E-state index in [1.807, 2.05) is 23.9 Å². The largest absolute Gasteiger partial charge is 0.356 e. The van der Waals surface area contributed by atoms with Gasteiger partial charge in [-0.15, -0.1) is 0 Å². The standard InChI is InChI=1S/C21H29N7/c1-17-16-18(2)27(26-17)14-4-11-23-21(22-3)24-13-10-19-6-8-20(9-7-19)28-15-5-12-25-28/h5-9,12,15-16H,4,10-11,13-14H2,1-3H3,(H2,22,23,24). The lowest BCUT2D eigenvalue weighted by atomic mass is 10.1. The first-order chi connectivity index (χ1) is 13.7. The van der Waals surface area contributed by atoms with Crippen molar-refractivity contribution in [3.63, 3.8) is 0 Å². The van der Waals surface area contributed by atoms with Crippen LogP contribution in [0.3, 0.4) is 0 Å². The molecule has 0 bridgehead atoms. The molecule has 2 aromatic heterocycles. The van der Waals surface area contributed by atoms with E-state index in [-0.39, 0.29) is 0 Å². The van der Waals surface area contributed by atoms with E-state index in [4.69, 9.17) is 0 Å². The van der Waals surface area contributed by atoms with Crippen LogP contribution in [-0.4, -0.2) is 45.7 Å². The van der Waals surface area contributed by atoms with Crippen LogP contribution >= 0.6 is 0 Å². The number of rotatable bonds is 8. The molecule has 0 aliphatic heterocycles. The highest BCUT2D eigenvalue weighted by molar-refractivity contribution is 5.79. The number of benzene rings is 1. The van der Waals surface area contributed by atoms with Gasteiger partial charge in [0, 0.05) is 44.8 Å². The van der Waals surface area contributed by atoms with Crippen LogP contribution in [0.5, 0.6) is 0 Å². The van der Waals surface area contributed by atoms with Crippen molar-refractivity contribution in [3.05, 3.63) is 65.7 Å². The normalized spacial score (nSPS) is 11.6. The lowest BCUT2D eigenvalue weighted by molar-refractivity contribution is 0.555. The molecule has 3 rings (SSSR count). The van der Waals surface area contributed by atoms with Crippen LogP contribution in [0, 0.1) is 13.8 Å². The number of hydrogen-bond donors (Lipinski definition) is 2. The summed E-state index contributed by atoms with van der Waals surface area (Å²) in [6.07, 6.45) is 5.66. The fourth-order valence-electron chi connectivity index (χ4n) is 3.12. The SMILES string of the molecule is CN=C(NCCCn1nc(C)cc1C)NCCc1ccc(-n2cccn2)cc1. The molecule has 0 radical (unpaired) electrons. The molecule has 0 saturated carbocycles. The Hall–Kier alpha value is -3.09. The summed E-state index contributed by atoms with van der Waals surface area (Å²) < 4.78 is 3.92. The van der Waals surface area contributed by atoms with E-state index in [0.29, 0.717) is 0 Å². The second kappa shape index (κ2) is 9.73. The van der Waals surface area contributed by atoms with Crippen LogP contribution < -0.4 is 10.6 Å².